The SMILES string of the molecule is CCc1cc(C(=O)/C=C\N(C)C)c(O)cc1OCCCCCC(C)(C)C#N. The fraction of sp³-hybridized carbons (Fsp3) is 0.545. The number of aromatic hydroxyl groups is 1. The molecule has 0 aliphatic heterocycles. The Bertz CT molecular complexity index is 700. The van der Waals surface area contributed by atoms with E-state index in [1.165, 1.54) is 12.1 Å². The van der Waals surface area contributed by atoms with Gasteiger partial charge in [-0.25, -0.2) is 0 Å². The van der Waals surface area contributed by atoms with Crippen molar-refractivity contribution in [2.75, 3.05) is 20.7 Å². The summed E-state index contributed by atoms with van der Waals surface area (Å²) in [6, 6.07) is 5.56. The van der Waals surface area contributed by atoms with Crippen LogP contribution in [0.1, 0.15) is 62.4 Å². The minimum atomic E-state index is -0.272. The zero-order chi connectivity index (χ0) is 20.4. The molecule has 0 fully saturated rings. The normalized spacial score (nSPS) is 11.4. The van der Waals surface area contributed by atoms with Crippen molar-refractivity contribution >= 4 is 5.78 Å². The summed E-state index contributed by atoms with van der Waals surface area (Å²) in [7, 11) is 3.67. The molecular formula is C22H32N2O3. The van der Waals surface area contributed by atoms with Gasteiger partial charge in [-0.2, -0.15) is 5.26 Å². The molecule has 0 radical (unpaired) electrons. The highest BCUT2D eigenvalue weighted by Gasteiger charge is 2.16. The highest BCUT2D eigenvalue weighted by molar-refractivity contribution is 6.06. The van der Waals surface area contributed by atoms with Gasteiger partial charge in [0, 0.05) is 32.4 Å². The second kappa shape index (κ2) is 10.6. The van der Waals surface area contributed by atoms with Crippen LogP contribution in [0, 0.1) is 16.7 Å². The first-order chi connectivity index (χ1) is 12.7. The molecule has 0 saturated heterocycles. The Morgan fingerprint density at radius 3 is 2.59 bits per heavy atom. The number of hydrogen-bond acceptors (Lipinski definition) is 5. The monoisotopic (exact) mass is 372 g/mol. The number of phenols is 1. The lowest BCUT2D eigenvalue weighted by molar-refractivity contribution is 0.104. The van der Waals surface area contributed by atoms with Crippen molar-refractivity contribution in [3.05, 3.63) is 35.5 Å². The van der Waals surface area contributed by atoms with Crippen LogP contribution in [0.5, 0.6) is 11.5 Å². The standard InChI is InChI=1S/C22H32N2O3/c1-6-17-14-18(19(25)10-12-24(4)5)20(26)15-21(17)27-13-9-7-8-11-22(2,3)16-23/h10,12,14-15,26H,6-9,11,13H2,1-5H3/b12-10-. The Labute approximate surface area is 163 Å². The van der Waals surface area contributed by atoms with Gasteiger partial charge in [0.05, 0.1) is 23.7 Å². The molecule has 0 aliphatic carbocycles. The Balaban J connectivity index is 2.65. The maximum atomic E-state index is 12.3. The number of aryl methyl sites for hydroxylation is 1. The average molecular weight is 373 g/mol. The Kier molecular flexibility index (Phi) is 8.87. The zero-order valence-electron chi connectivity index (χ0n) is 17.2. The number of benzene rings is 1. The lowest BCUT2D eigenvalue weighted by Gasteiger charge is -2.15. The molecule has 0 atom stereocenters. The van der Waals surface area contributed by atoms with Gasteiger partial charge in [0.25, 0.3) is 0 Å². The van der Waals surface area contributed by atoms with Gasteiger partial charge in [0.15, 0.2) is 5.78 Å². The van der Waals surface area contributed by atoms with E-state index in [2.05, 4.69) is 6.07 Å². The van der Waals surface area contributed by atoms with Crippen molar-refractivity contribution in [3.63, 3.8) is 0 Å². The lowest BCUT2D eigenvalue weighted by Crippen LogP contribution is -2.08. The topological polar surface area (TPSA) is 73.6 Å². The smallest absolute Gasteiger partial charge is 0.191 e. The van der Waals surface area contributed by atoms with Gasteiger partial charge in [0.1, 0.15) is 11.5 Å². The molecule has 5 heteroatoms. The van der Waals surface area contributed by atoms with Gasteiger partial charge in [-0.05, 0) is 44.7 Å². The molecule has 0 bridgehead atoms. The number of phenolic OH excluding ortho intramolecular Hbond substituents is 1. The summed E-state index contributed by atoms with van der Waals surface area (Å²) in [5.41, 5.74) is 0.918. The molecule has 0 saturated carbocycles. The molecular weight excluding hydrogens is 340 g/mol. The number of carbonyl (C=O) groups is 1. The van der Waals surface area contributed by atoms with E-state index >= 15 is 0 Å². The highest BCUT2D eigenvalue weighted by Crippen LogP contribution is 2.30. The Hall–Kier alpha value is -2.48. The molecule has 1 N–H and O–H groups in total. The number of nitrogens with zero attached hydrogens (tertiary/aromatic N) is 2. The molecule has 27 heavy (non-hydrogen) atoms. The van der Waals surface area contributed by atoms with E-state index in [4.69, 9.17) is 10.00 Å². The van der Waals surface area contributed by atoms with Crippen molar-refractivity contribution in [2.45, 2.75) is 52.9 Å². The fourth-order valence-corrected chi connectivity index (χ4v) is 2.61. The van der Waals surface area contributed by atoms with Gasteiger partial charge in [-0.1, -0.05) is 19.8 Å². The van der Waals surface area contributed by atoms with Crippen LogP contribution < -0.4 is 4.74 Å². The van der Waals surface area contributed by atoms with E-state index in [9.17, 15) is 9.90 Å². The van der Waals surface area contributed by atoms with Crippen molar-refractivity contribution in [1.82, 2.24) is 4.90 Å². The number of carbonyl (C=O) groups excluding carboxylic acids is 1. The van der Waals surface area contributed by atoms with Crippen LogP contribution in [0.25, 0.3) is 0 Å². The minimum absolute atomic E-state index is 0.0635. The van der Waals surface area contributed by atoms with E-state index in [-0.39, 0.29) is 22.5 Å². The van der Waals surface area contributed by atoms with Crippen molar-refractivity contribution in [1.29, 1.82) is 5.26 Å². The Morgan fingerprint density at radius 1 is 1.30 bits per heavy atom. The summed E-state index contributed by atoms with van der Waals surface area (Å²) >= 11 is 0. The third-order valence-electron chi connectivity index (χ3n) is 4.36. The summed E-state index contributed by atoms with van der Waals surface area (Å²) in [6.07, 6.45) is 7.55. The number of ether oxygens (including phenoxy) is 1. The van der Waals surface area contributed by atoms with E-state index < -0.39 is 0 Å². The third-order valence-corrected chi connectivity index (χ3v) is 4.36. The first-order valence-electron chi connectivity index (χ1n) is 9.49. The van der Waals surface area contributed by atoms with Crippen LogP contribution >= 0.6 is 0 Å². The Morgan fingerprint density at radius 2 is 2.00 bits per heavy atom. The molecule has 1 aromatic carbocycles. The predicted molar refractivity (Wildman–Crippen MR) is 108 cm³/mol. The molecule has 148 valence electrons. The zero-order valence-corrected chi connectivity index (χ0v) is 17.2. The number of unbranched alkanes of at least 4 members (excludes halogenated alkanes) is 2. The van der Waals surface area contributed by atoms with Crippen LogP contribution in [-0.4, -0.2) is 36.5 Å². The van der Waals surface area contributed by atoms with Gasteiger partial charge in [0.2, 0.25) is 0 Å². The first kappa shape index (κ1) is 22.6. The maximum absolute atomic E-state index is 12.3. The van der Waals surface area contributed by atoms with E-state index in [1.54, 1.807) is 17.2 Å². The molecule has 0 aromatic heterocycles. The van der Waals surface area contributed by atoms with Crippen LogP contribution in [0.15, 0.2) is 24.4 Å². The molecule has 0 amide bonds. The van der Waals surface area contributed by atoms with Crippen molar-refractivity contribution in [3.8, 4) is 17.6 Å². The molecule has 1 rings (SSSR count). The van der Waals surface area contributed by atoms with E-state index in [0.29, 0.717) is 18.8 Å². The molecule has 0 aliphatic rings. The largest absolute Gasteiger partial charge is 0.507 e. The van der Waals surface area contributed by atoms with Gasteiger partial charge >= 0.3 is 0 Å². The third kappa shape index (κ3) is 7.74. The van der Waals surface area contributed by atoms with E-state index in [0.717, 1.165) is 31.2 Å². The summed E-state index contributed by atoms with van der Waals surface area (Å²) in [4.78, 5) is 14.0. The fourth-order valence-electron chi connectivity index (χ4n) is 2.61. The van der Waals surface area contributed by atoms with E-state index in [1.807, 2.05) is 34.9 Å². The number of allylic oxidation sites excluding steroid dienone is 1. The number of rotatable bonds is 11. The van der Waals surface area contributed by atoms with Crippen molar-refractivity contribution in [2.24, 2.45) is 5.41 Å². The second-order valence-corrected chi connectivity index (χ2v) is 7.63. The molecule has 1 aromatic rings. The maximum Gasteiger partial charge on any atom is 0.191 e. The van der Waals surface area contributed by atoms with Crippen LogP contribution in [0.3, 0.4) is 0 Å². The predicted octanol–water partition coefficient (Wildman–Crippen LogP) is 4.70. The average Bonchev–Trinajstić information content (AvgIpc) is 2.62. The summed E-state index contributed by atoms with van der Waals surface area (Å²) in [6.45, 7) is 6.45. The van der Waals surface area contributed by atoms with Crippen LogP contribution in [0.2, 0.25) is 0 Å². The summed E-state index contributed by atoms with van der Waals surface area (Å²) in [5, 5.41) is 19.2. The first-order valence-corrected chi connectivity index (χ1v) is 9.49. The summed E-state index contributed by atoms with van der Waals surface area (Å²) < 4.78 is 5.84. The van der Waals surface area contributed by atoms with Gasteiger partial charge in [-0.3, -0.25) is 4.79 Å². The van der Waals surface area contributed by atoms with Gasteiger partial charge < -0.3 is 14.7 Å². The van der Waals surface area contributed by atoms with Crippen LogP contribution in [-0.2, 0) is 6.42 Å². The van der Waals surface area contributed by atoms with Gasteiger partial charge in [-0.15, -0.1) is 0 Å². The number of nitriles is 1. The van der Waals surface area contributed by atoms with Crippen molar-refractivity contribution < 1.29 is 14.6 Å². The highest BCUT2D eigenvalue weighted by atomic mass is 16.5. The number of ketones is 1. The summed E-state index contributed by atoms with van der Waals surface area (Å²) in [5.74, 6) is 0.328. The molecule has 0 heterocycles. The van der Waals surface area contributed by atoms with Crippen LogP contribution in [0.4, 0.5) is 0 Å². The minimum Gasteiger partial charge on any atom is -0.507 e. The quantitative estimate of drug-likeness (QED) is 0.346. The molecule has 5 nitrogen and oxygen atoms in total. The lowest BCUT2D eigenvalue weighted by atomic mass is 9.89. The second-order valence-electron chi connectivity index (χ2n) is 7.63. The number of hydrogen-bond donors (Lipinski definition) is 1. The molecule has 0 spiro atoms. The molecule has 0 unspecified atom stereocenters.